The average Bonchev–Trinajstić information content (AvgIpc) is 2.64. The zero-order valence-corrected chi connectivity index (χ0v) is 16.5. The van der Waals surface area contributed by atoms with Crippen molar-refractivity contribution in [1.29, 1.82) is 0 Å². The summed E-state index contributed by atoms with van der Waals surface area (Å²) >= 11 is 5.81. The van der Waals surface area contributed by atoms with Gasteiger partial charge in [-0.1, -0.05) is 23.7 Å². The van der Waals surface area contributed by atoms with E-state index in [0.29, 0.717) is 37.7 Å². The molecule has 11 heteroatoms. The molecule has 0 bridgehead atoms. The summed E-state index contributed by atoms with van der Waals surface area (Å²) in [5.74, 6) is -3.21. The van der Waals surface area contributed by atoms with Gasteiger partial charge in [0.05, 0.1) is 25.2 Å². The van der Waals surface area contributed by atoms with E-state index < -0.39 is 18.2 Å². The number of alkyl halides is 3. The molecule has 1 saturated heterocycles. The summed E-state index contributed by atoms with van der Waals surface area (Å²) in [6, 6.07) is 7.47. The molecule has 1 aliphatic heterocycles. The fourth-order valence-electron chi connectivity index (χ4n) is 2.51. The second-order valence-corrected chi connectivity index (χ2v) is 6.93. The first-order valence-electron chi connectivity index (χ1n) is 8.77. The van der Waals surface area contributed by atoms with Crippen LogP contribution in [0.25, 0.3) is 0 Å². The number of carbonyl (C=O) groups is 2. The van der Waals surface area contributed by atoms with Crippen molar-refractivity contribution >= 4 is 23.5 Å². The van der Waals surface area contributed by atoms with Crippen LogP contribution in [0.3, 0.4) is 0 Å². The van der Waals surface area contributed by atoms with Gasteiger partial charge in [-0.25, -0.2) is 4.79 Å². The van der Waals surface area contributed by atoms with Crippen LogP contribution in [0.5, 0.6) is 0 Å². The van der Waals surface area contributed by atoms with Crippen molar-refractivity contribution < 1.29 is 37.7 Å². The summed E-state index contributed by atoms with van der Waals surface area (Å²) in [6.07, 6.45) is -4.99. The lowest BCUT2D eigenvalue weighted by atomic mass is 9.94. The Morgan fingerprint density at radius 2 is 1.90 bits per heavy atom. The zero-order chi connectivity index (χ0) is 22.0. The third-order valence-corrected chi connectivity index (χ3v) is 4.34. The molecular weight excluding hydrogens is 417 g/mol. The largest absolute Gasteiger partial charge is 0.490 e. The molecule has 0 aromatic heterocycles. The Balaban J connectivity index is 0.000000516. The van der Waals surface area contributed by atoms with Crippen LogP contribution in [-0.2, 0) is 20.9 Å². The summed E-state index contributed by atoms with van der Waals surface area (Å²) < 4.78 is 37.3. The number of aliphatic carboxylic acids is 1. The van der Waals surface area contributed by atoms with Gasteiger partial charge in [-0.2, -0.15) is 13.2 Å². The molecule has 1 heterocycles. The number of carboxylic acid groups (broad SMARTS) is 1. The van der Waals surface area contributed by atoms with Crippen molar-refractivity contribution in [2.24, 2.45) is 5.92 Å². The highest BCUT2D eigenvalue weighted by Gasteiger charge is 2.38. The molecule has 1 amide bonds. The molecule has 0 unspecified atom stereocenters. The van der Waals surface area contributed by atoms with Crippen molar-refractivity contribution in [3.05, 3.63) is 34.9 Å². The second-order valence-electron chi connectivity index (χ2n) is 6.50. The van der Waals surface area contributed by atoms with Crippen LogP contribution in [0.1, 0.15) is 12.0 Å². The first kappa shape index (κ1) is 25.2. The van der Waals surface area contributed by atoms with E-state index in [1.54, 1.807) is 0 Å². The SMILES string of the molecule is CN1CC[C@@H](O)[C@H](C(=O)NCCOCc2ccc(Cl)cc2)C1.O=C(O)C(F)(F)F. The van der Waals surface area contributed by atoms with Gasteiger partial charge in [-0.05, 0) is 31.2 Å². The van der Waals surface area contributed by atoms with Gasteiger partial charge in [0, 0.05) is 24.7 Å². The quantitative estimate of drug-likeness (QED) is 0.584. The minimum Gasteiger partial charge on any atom is -0.475 e. The molecule has 2 rings (SSSR count). The minimum absolute atomic E-state index is 0.103. The highest BCUT2D eigenvalue weighted by Crippen LogP contribution is 2.16. The number of halogens is 4. The third-order valence-electron chi connectivity index (χ3n) is 4.09. The number of hydrogen-bond donors (Lipinski definition) is 3. The van der Waals surface area contributed by atoms with Crippen LogP contribution < -0.4 is 5.32 Å². The maximum atomic E-state index is 12.1. The first-order chi connectivity index (χ1) is 13.5. The summed E-state index contributed by atoms with van der Waals surface area (Å²) in [6.45, 7) is 2.79. The fourth-order valence-corrected chi connectivity index (χ4v) is 2.63. The van der Waals surface area contributed by atoms with Gasteiger partial charge in [0.15, 0.2) is 0 Å². The van der Waals surface area contributed by atoms with Gasteiger partial charge in [0.2, 0.25) is 5.91 Å². The maximum absolute atomic E-state index is 12.1. The highest BCUT2D eigenvalue weighted by atomic mass is 35.5. The van der Waals surface area contributed by atoms with Crippen LogP contribution in [0.4, 0.5) is 13.2 Å². The van der Waals surface area contributed by atoms with Gasteiger partial charge in [0.25, 0.3) is 0 Å². The molecule has 1 aromatic carbocycles. The van der Waals surface area contributed by atoms with Gasteiger partial charge < -0.3 is 25.2 Å². The molecule has 1 aliphatic rings. The minimum atomic E-state index is -5.08. The monoisotopic (exact) mass is 440 g/mol. The molecule has 2 atom stereocenters. The molecule has 3 N–H and O–H groups in total. The van der Waals surface area contributed by atoms with Gasteiger partial charge >= 0.3 is 12.1 Å². The number of nitrogens with one attached hydrogen (secondary N) is 1. The number of ether oxygens (including phenoxy) is 1. The van der Waals surface area contributed by atoms with Gasteiger partial charge in [-0.3, -0.25) is 4.79 Å². The lowest BCUT2D eigenvalue weighted by Gasteiger charge is -2.32. The number of piperidine rings is 1. The topological polar surface area (TPSA) is 99.1 Å². The number of benzene rings is 1. The summed E-state index contributed by atoms with van der Waals surface area (Å²) in [5.41, 5.74) is 1.04. The van der Waals surface area contributed by atoms with Crippen LogP contribution >= 0.6 is 11.6 Å². The molecule has 164 valence electrons. The van der Waals surface area contributed by atoms with E-state index in [1.807, 2.05) is 31.3 Å². The number of amides is 1. The number of carboxylic acids is 1. The molecule has 0 spiro atoms. The van der Waals surface area contributed by atoms with Crippen LogP contribution in [-0.4, -0.2) is 72.6 Å². The van der Waals surface area contributed by atoms with E-state index in [4.69, 9.17) is 26.2 Å². The fraction of sp³-hybridized carbons (Fsp3) is 0.556. The first-order valence-corrected chi connectivity index (χ1v) is 9.15. The smallest absolute Gasteiger partial charge is 0.475 e. The Kier molecular flexibility index (Phi) is 10.4. The van der Waals surface area contributed by atoms with Crippen molar-refractivity contribution in [3.8, 4) is 0 Å². The highest BCUT2D eigenvalue weighted by molar-refractivity contribution is 6.30. The molecule has 0 saturated carbocycles. The molecule has 0 radical (unpaired) electrons. The predicted octanol–water partition coefficient (Wildman–Crippen LogP) is 1.92. The summed E-state index contributed by atoms with van der Waals surface area (Å²) in [5, 5.41) is 20.6. The molecule has 1 aromatic rings. The number of rotatable bonds is 6. The van der Waals surface area contributed by atoms with Crippen molar-refractivity contribution in [2.45, 2.75) is 25.3 Å². The van der Waals surface area contributed by atoms with Crippen molar-refractivity contribution in [3.63, 3.8) is 0 Å². The van der Waals surface area contributed by atoms with E-state index >= 15 is 0 Å². The Morgan fingerprint density at radius 3 is 2.45 bits per heavy atom. The third kappa shape index (κ3) is 9.93. The number of likely N-dealkylation sites (tertiary alicyclic amines) is 1. The molecule has 7 nitrogen and oxygen atoms in total. The Labute approximate surface area is 171 Å². The van der Waals surface area contributed by atoms with Crippen molar-refractivity contribution in [2.75, 3.05) is 33.3 Å². The number of hydrogen-bond acceptors (Lipinski definition) is 5. The molecule has 0 aliphatic carbocycles. The maximum Gasteiger partial charge on any atom is 0.490 e. The summed E-state index contributed by atoms with van der Waals surface area (Å²) in [7, 11) is 1.96. The lowest BCUT2D eigenvalue weighted by Crippen LogP contribution is -2.49. The van der Waals surface area contributed by atoms with Gasteiger partial charge in [-0.15, -0.1) is 0 Å². The number of carbonyl (C=O) groups excluding carboxylic acids is 1. The normalized spacial score (nSPS) is 19.8. The van der Waals surface area contributed by atoms with E-state index in [1.165, 1.54) is 0 Å². The second kappa shape index (κ2) is 12.0. The van der Waals surface area contributed by atoms with E-state index in [2.05, 4.69) is 10.2 Å². The predicted molar refractivity (Wildman–Crippen MR) is 99.4 cm³/mol. The summed E-state index contributed by atoms with van der Waals surface area (Å²) in [4.78, 5) is 23.0. The lowest BCUT2D eigenvalue weighted by molar-refractivity contribution is -0.192. The molecular formula is C18H24ClF3N2O5. The molecule has 1 fully saturated rings. The number of nitrogens with zero attached hydrogens (tertiary/aromatic N) is 1. The Hall–Kier alpha value is -1.88. The van der Waals surface area contributed by atoms with Gasteiger partial charge in [0.1, 0.15) is 0 Å². The van der Waals surface area contributed by atoms with E-state index in [9.17, 15) is 23.1 Å². The van der Waals surface area contributed by atoms with Crippen LogP contribution in [0.15, 0.2) is 24.3 Å². The molecule has 29 heavy (non-hydrogen) atoms. The van der Waals surface area contributed by atoms with Crippen LogP contribution in [0.2, 0.25) is 5.02 Å². The van der Waals surface area contributed by atoms with Crippen molar-refractivity contribution in [1.82, 2.24) is 10.2 Å². The number of aliphatic hydroxyl groups is 1. The van der Waals surface area contributed by atoms with Crippen LogP contribution in [0, 0.1) is 5.92 Å². The standard InChI is InChI=1S/C16H23ClN2O3.C2HF3O2/c1-19-8-6-15(20)14(10-19)16(21)18-7-9-22-11-12-2-4-13(17)5-3-12;3-2(4,5)1(6)7/h2-5,14-15,20H,6-11H2,1H3,(H,18,21);(H,6,7)/t14-,15-;/m1./s1. The number of aliphatic hydroxyl groups excluding tert-OH is 1. The Bertz CT molecular complexity index is 658. The van der Waals surface area contributed by atoms with E-state index in [-0.39, 0.29) is 11.8 Å². The van der Waals surface area contributed by atoms with E-state index in [0.717, 1.165) is 12.1 Å². The Morgan fingerprint density at radius 1 is 1.31 bits per heavy atom. The average molecular weight is 441 g/mol. The zero-order valence-electron chi connectivity index (χ0n) is 15.8.